The smallest absolute Gasteiger partial charge is 0.162 e. The third-order valence-corrected chi connectivity index (χ3v) is 7.01. The third-order valence-electron chi connectivity index (χ3n) is 5.89. The van der Waals surface area contributed by atoms with Crippen LogP contribution in [0.5, 0.6) is 0 Å². The number of anilines is 1. The Bertz CT molecular complexity index is 1180. The number of nitrogens with zero attached hydrogens (tertiary/aromatic N) is 4. The van der Waals surface area contributed by atoms with Crippen molar-refractivity contribution in [3.05, 3.63) is 35.3 Å². The molecule has 0 amide bonds. The molecule has 3 aromatic heterocycles. The predicted octanol–water partition coefficient (Wildman–Crippen LogP) is 2.82. The van der Waals surface area contributed by atoms with Crippen LogP contribution < -0.4 is 10.6 Å². The Morgan fingerprint density at radius 1 is 1.26 bits per heavy atom. The zero-order chi connectivity index (χ0) is 21.2. The lowest BCUT2D eigenvalue weighted by Crippen LogP contribution is -2.40. The van der Waals surface area contributed by atoms with Crippen molar-refractivity contribution in [3.8, 4) is 11.4 Å². The molecule has 1 aromatic carbocycles. The Hall–Kier alpha value is -2.59. The van der Waals surface area contributed by atoms with Gasteiger partial charge >= 0.3 is 0 Å². The van der Waals surface area contributed by atoms with Crippen LogP contribution in [0.2, 0.25) is 0 Å². The Kier molecular flexibility index (Phi) is 5.82. The molecule has 8 nitrogen and oxygen atoms in total. The number of nitrogens with one attached hydrogen (secondary N) is 3. The fourth-order valence-electron chi connectivity index (χ4n) is 4.26. The maximum absolute atomic E-state index is 9.34. The standard InChI is InChI=1S/C22H27N7OS/c1-29(14-5-7-23-8-6-14)13-15-11-19-20(31-15)22(24-9-10-30)27-21(26-19)16-3-2-4-18-17(16)12-25-28-18/h2-4,11-12,14,23,30H,5-10,13H2,1H3,(H,25,28)(H,24,26,27). The van der Waals surface area contributed by atoms with E-state index >= 15 is 0 Å². The number of hydrogen-bond donors (Lipinski definition) is 4. The summed E-state index contributed by atoms with van der Waals surface area (Å²) in [7, 11) is 2.21. The van der Waals surface area contributed by atoms with E-state index in [1.54, 1.807) is 11.3 Å². The lowest BCUT2D eigenvalue weighted by Gasteiger charge is -2.31. The average molecular weight is 438 g/mol. The first-order valence-electron chi connectivity index (χ1n) is 10.7. The van der Waals surface area contributed by atoms with E-state index in [1.807, 2.05) is 24.4 Å². The minimum atomic E-state index is 0.0504. The van der Waals surface area contributed by atoms with Crippen molar-refractivity contribution < 1.29 is 5.11 Å². The van der Waals surface area contributed by atoms with Gasteiger partial charge in [0.15, 0.2) is 5.82 Å². The zero-order valence-corrected chi connectivity index (χ0v) is 18.4. The summed E-state index contributed by atoms with van der Waals surface area (Å²) in [5, 5.41) is 24.2. The molecular formula is C22H27N7OS. The molecule has 4 aromatic rings. The molecule has 1 saturated heterocycles. The molecule has 4 heterocycles. The number of thiophene rings is 1. The lowest BCUT2D eigenvalue weighted by molar-refractivity contribution is 0.193. The molecule has 0 atom stereocenters. The summed E-state index contributed by atoms with van der Waals surface area (Å²) in [6.45, 7) is 3.58. The quantitative estimate of drug-likeness (QED) is 0.353. The van der Waals surface area contributed by atoms with Crippen molar-refractivity contribution in [2.45, 2.75) is 25.4 Å². The number of hydrogen-bond acceptors (Lipinski definition) is 8. The van der Waals surface area contributed by atoms with E-state index < -0.39 is 0 Å². The highest BCUT2D eigenvalue weighted by molar-refractivity contribution is 7.19. The number of fused-ring (bicyclic) bond motifs is 2. The van der Waals surface area contributed by atoms with Gasteiger partial charge in [0.25, 0.3) is 0 Å². The molecular weight excluding hydrogens is 410 g/mol. The molecule has 0 unspecified atom stereocenters. The number of benzene rings is 1. The van der Waals surface area contributed by atoms with Crippen molar-refractivity contribution >= 4 is 38.3 Å². The van der Waals surface area contributed by atoms with Crippen molar-refractivity contribution in [2.75, 3.05) is 38.6 Å². The number of H-pyrrole nitrogens is 1. The fourth-order valence-corrected chi connectivity index (χ4v) is 5.38. The van der Waals surface area contributed by atoms with E-state index in [0.717, 1.165) is 52.1 Å². The highest BCUT2D eigenvalue weighted by atomic mass is 32.1. The number of aliphatic hydroxyl groups is 1. The second-order valence-electron chi connectivity index (χ2n) is 8.01. The molecule has 9 heteroatoms. The summed E-state index contributed by atoms with van der Waals surface area (Å²) in [6.07, 6.45) is 4.18. The minimum absolute atomic E-state index is 0.0504. The number of aliphatic hydroxyl groups excluding tert-OH is 1. The van der Waals surface area contributed by atoms with Gasteiger partial charge < -0.3 is 15.7 Å². The molecule has 0 bridgehead atoms. The van der Waals surface area contributed by atoms with Crippen LogP contribution in [0.15, 0.2) is 30.5 Å². The van der Waals surface area contributed by atoms with E-state index in [9.17, 15) is 5.11 Å². The van der Waals surface area contributed by atoms with Crippen LogP contribution in [-0.4, -0.2) is 69.5 Å². The summed E-state index contributed by atoms with van der Waals surface area (Å²) in [5.41, 5.74) is 2.84. The lowest BCUT2D eigenvalue weighted by atomic mass is 10.1. The van der Waals surface area contributed by atoms with E-state index in [0.29, 0.717) is 18.4 Å². The summed E-state index contributed by atoms with van der Waals surface area (Å²) in [6, 6.07) is 8.79. The van der Waals surface area contributed by atoms with Gasteiger partial charge in [-0.1, -0.05) is 12.1 Å². The van der Waals surface area contributed by atoms with Gasteiger partial charge in [0.1, 0.15) is 5.82 Å². The highest BCUT2D eigenvalue weighted by Crippen LogP contribution is 2.34. The number of rotatable bonds is 7. The second-order valence-corrected chi connectivity index (χ2v) is 9.14. The van der Waals surface area contributed by atoms with Crippen LogP contribution in [-0.2, 0) is 6.54 Å². The van der Waals surface area contributed by atoms with E-state index in [2.05, 4.69) is 38.8 Å². The van der Waals surface area contributed by atoms with Crippen LogP contribution in [0.25, 0.3) is 32.5 Å². The first-order valence-corrected chi connectivity index (χ1v) is 11.5. The normalized spacial score (nSPS) is 15.3. The Morgan fingerprint density at radius 2 is 2.13 bits per heavy atom. The molecule has 31 heavy (non-hydrogen) atoms. The monoisotopic (exact) mass is 437 g/mol. The van der Waals surface area contributed by atoms with Gasteiger partial charge in [0.05, 0.1) is 28.5 Å². The molecule has 162 valence electrons. The molecule has 0 radical (unpaired) electrons. The van der Waals surface area contributed by atoms with Gasteiger partial charge in [-0.25, -0.2) is 9.97 Å². The maximum atomic E-state index is 9.34. The molecule has 0 spiro atoms. The second kappa shape index (κ2) is 8.88. The fraction of sp³-hybridized carbons (Fsp3) is 0.409. The van der Waals surface area contributed by atoms with Crippen molar-refractivity contribution in [1.82, 2.24) is 30.4 Å². The van der Waals surface area contributed by atoms with Gasteiger partial charge in [-0.05, 0) is 45.1 Å². The van der Waals surface area contributed by atoms with Gasteiger partial charge in [-0.2, -0.15) is 5.10 Å². The Labute approximate surface area is 184 Å². The van der Waals surface area contributed by atoms with Crippen LogP contribution in [0, 0.1) is 0 Å². The Morgan fingerprint density at radius 3 is 2.97 bits per heavy atom. The van der Waals surface area contributed by atoms with Gasteiger partial charge in [0.2, 0.25) is 0 Å². The first kappa shape index (κ1) is 20.3. The van der Waals surface area contributed by atoms with Crippen molar-refractivity contribution in [2.24, 2.45) is 0 Å². The highest BCUT2D eigenvalue weighted by Gasteiger charge is 2.20. The van der Waals surface area contributed by atoms with Crippen LogP contribution in [0.3, 0.4) is 0 Å². The van der Waals surface area contributed by atoms with Gasteiger partial charge in [-0.15, -0.1) is 11.3 Å². The van der Waals surface area contributed by atoms with E-state index in [1.165, 1.54) is 17.7 Å². The van der Waals surface area contributed by atoms with Crippen LogP contribution >= 0.6 is 11.3 Å². The number of piperidine rings is 1. The largest absolute Gasteiger partial charge is 0.395 e. The maximum Gasteiger partial charge on any atom is 0.162 e. The Balaban J connectivity index is 1.52. The number of aromatic amines is 1. The topological polar surface area (TPSA) is 102 Å². The van der Waals surface area contributed by atoms with Gasteiger partial charge in [0, 0.05) is 35.0 Å². The molecule has 1 fully saturated rings. The average Bonchev–Trinajstić information content (AvgIpc) is 3.44. The molecule has 4 N–H and O–H groups in total. The summed E-state index contributed by atoms with van der Waals surface area (Å²) >= 11 is 1.73. The van der Waals surface area contributed by atoms with Crippen LogP contribution in [0.4, 0.5) is 5.82 Å². The number of aromatic nitrogens is 4. The first-order chi connectivity index (χ1) is 15.2. The minimum Gasteiger partial charge on any atom is -0.395 e. The molecule has 5 rings (SSSR count). The van der Waals surface area contributed by atoms with Crippen LogP contribution in [0.1, 0.15) is 17.7 Å². The van der Waals surface area contributed by atoms with E-state index in [-0.39, 0.29) is 6.61 Å². The SMILES string of the molecule is CN(Cc1cc2nc(-c3cccc4[nH]ncc34)nc(NCCO)c2s1)C1CCNCC1. The van der Waals surface area contributed by atoms with Crippen molar-refractivity contribution in [3.63, 3.8) is 0 Å². The molecule has 1 aliphatic heterocycles. The molecule has 1 aliphatic rings. The zero-order valence-electron chi connectivity index (χ0n) is 17.6. The third kappa shape index (κ3) is 4.14. The summed E-state index contributed by atoms with van der Waals surface area (Å²) in [4.78, 5) is 13.5. The van der Waals surface area contributed by atoms with Crippen molar-refractivity contribution in [1.29, 1.82) is 0 Å². The van der Waals surface area contributed by atoms with Gasteiger partial charge in [-0.3, -0.25) is 10.00 Å². The summed E-state index contributed by atoms with van der Waals surface area (Å²) < 4.78 is 1.03. The predicted molar refractivity (Wildman–Crippen MR) is 125 cm³/mol. The molecule has 0 aliphatic carbocycles. The summed E-state index contributed by atoms with van der Waals surface area (Å²) in [5.74, 6) is 1.44. The van der Waals surface area contributed by atoms with E-state index in [4.69, 9.17) is 9.97 Å². The molecule has 0 saturated carbocycles.